The van der Waals surface area contributed by atoms with Crippen LogP contribution in [0.3, 0.4) is 0 Å². The van der Waals surface area contributed by atoms with Crippen LogP contribution in [0.2, 0.25) is 0 Å². The molecule has 26 heavy (non-hydrogen) atoms. The highest BCUT2D eigenvalue weighted by atomic mass is 16.2. The van der Waals surface area contributed by atoms with E-state index in [9.17, 15) is 9.59 Å². The summed E-state index contributed by atoms with van der Waals surface area (Å²) in [7, 11) is 0. The molecule has 2 atom stereocenters. The Morgan fingerprint density at radius 2 is 1.81 bits per heavy atom. The molecule has 2 unspecified atom stereocenters. The number of aryl methyl sites for hydroxylation is 1. The number of rotatable bonds is 5. The number of piperidine rings is 1. The molecule has 3 rings (SSSR count). The highest BCUT2D eigenvalue weighted by Crippen LogP contribution is 2.24. The predicted octanol–water partition coefficient (Wildman–Crippen LogP) is 2.24. The summed E-state index contributed by atoms with van der Waals surface area (Å²) in [6.07, 6.45) is 6.89. The van der Waals surface area contributed by atoms with Gasteiger partial charge in [-0.05, 0) is 44.1 Å². The highest BCUT2D eigenvalue weighted by Gasteiger charge is 2.29. The standard InChI is InChI=1S/C21H31N3O2/c22-18-8-4-7-17(15-18)21(26)23-19-11-13-24(14-12-19)20(25)10-9-16-5-2-1-3-6-16/h1-3,5-6,17-19H,4,7-15,22H2,(H,23,26). The van der Waals surface area contributed by atoms with Crippen molar-refractivity contribution in [1.29, 1.82) is 0 Å². The van der Waals surface area contributed by atoms with Crippen LogP contribution in [0.5, 0.6) is 0 Å². The van der Waals surface area contributed by atoms with Crippen molar-refractivity contribution in [3.8, 4) is 0 Å². The first-order valence-corrected chi connectivity index (χ1v) is 9.99. The average molecular weight is 357 g/mol. The first-order chi connectivity index (χ1) is 12.6. The molecule has 0 spiro atoms. The molecule has 2 aliphatic rings. The molecule has 142 valence electrons. The second-order valence-electron chi connectivity index (χ2n) is 7.77. The molecule has 5 heteroatoms. The second-order valence-corrected chi connectivity index (χ2v) is 7.77. The number of likely N-dealkylation sites (tertiary alicyclic amines) is 1. The van der Waals surface area contributed by atoms with Crippen LogP contribution in [0.4, 0.5) is 0 Å². The summed E-state index contributed by atoms with van der Waals surface area (Å²) < 4.78 is 0. The van der Waals surface area contributed by atoms with Crippen molar-refractivity contribution in [2.75, 3.05) is 13.1 Å². The van der Waals surface area contributed by atoms with Gasteiger partial charge in [0.1, 0.15) is 0 Å². The van der Waals surface area contributed by atoms with Crippen LogP contribution in [-0.4, -0.2) is 41.9 Å². The minimum absolute atomic E-state index is 0.0734. The maximum Gasteiger partial charge on any atom is 0.223 e. The molecule has 1 aromatic rings. The van der Waals surface area contributed by atoms with Gasteiger partial charge in [-0.3, -0.25) is 9.59 Å². The number of carbonyl (C=O) groups is 2. The van der Waals surface area contributed by atoms with Crippen LogP contribution in [0.1, 0.15) is 50.5 Å². The lowest BCUT2D eigenvalue weighted by Gasteiger charge is -2.34. The van der Waals surface area contributed by atoms with Crippen molar-refractivity contribution in [1.82, 2.24) is 10.2 Å². The van der Waals surface area contributed by atoms with Gasteiger partial charge in [0.2, 0.25) is 11.8 Å². The Balaban J connectivity index is 1.38. The molecule has 5 nitrogen and oxygen atoms in total. The van der Waals surface area contributed by atoms with Gasteiger partial charge in [0, 0.05) is 37.5 Å². The summed E-state index contributed by atoms with van der Waals surface area (Å²) >= 11 is 0. The van der Waals surface area contributed by atoms with E-state index < -0.39 is 0 Å². The number of hydrogen-bond acceptors (Lipinski definition) is 3. The number of carbonyl (C=O) groups excluding carboxylic acids is 2. The zero-order valence-corrected chi connectivity index (χ0v) is 15.5. The van der Waals surface area contributed by atoms with Crippen LogP contribution in [0.25, 0.3) is 0 Å². The van der Waals surface area contributed by atoms with Crippen molar-refractivity contribution in [2.24, 2.45) is 11.7 Å². The second kappa shape index (κ2) is 9.17. The molecule has 2 amide bonds. The number of nitrogens with two attached hydrogens (primary N) is 1. The molecule has 0 aromatic heterocycles. The van der Waals surface area contributed by atoms with Crippen molar-refractivity contribution >= 4 is 11.8 Å². The van der Waals surface area contributed by atoms with E-state index in [1.54, 1.807) is 0 Å². The zero-order valence-electron chi connectivity index (χ0n) is 15.5. The van der Waals surface area contributed by atoms with Gasteiger partial charge in [-0.1, -0.05) is 36.8 Å². The third-order valence-electron chi connectivity index (χ3n) is 5.75. The lowest BCUT2D eigenvalue weighted by Crippen LogP contribution is -2.48. The first-order valence-electron chi connectivity index (χ1n) is 9.99. The van der Waals surface area contributed by atoms with E-state index in [-0.39, 0.29) is 29.8 Å². The van der Waals surface area contributed by atoms with E-state index in [0.29, 0.717) is 6.42 Å². The van der Waals surface area contributed by atoms with E-state index in [4.69, 9.17) is 5.73 Å². The van der Waals surface area contributed by atoms with Gasteiger partial charge in [0.05, 0.1) is 0 Å². The SMILES string of the molecule is NC1CCCC(C(=O)NC2CCN(C(=O)CCc3ccccc3)CC2)C1. The molecule has 0 bridgehead atoms. The van der Waals surface area contributed by atoms with Crippen molar-refractivity contribution in [2.45, 2.75) is 63.5 Å². The summed E-state index contributed by atoms with van der Waals surface area (Å²) in [4.78, 5) is 26.8. The Kier molecular flexibility index (Phi) is 6.67. The van der Waals surface area contributed by atoms with E-state index in [0.717, 1.165) is 58.0 Å². The first kappa shape index (κ1) is 18.9. The number of nitrogens with one attached hydrogen (secondary N) is 1. The molecular formula is C21H31N3O2. The van der Waals surface area contributed by atoms with Gasteiger partial charge in [-0.15, -0.1) is 0 Å². The third-order valence-corrected chi connectivity index (χ3v) is 5.75. The molecule has 1 heterocycles. The molecular weight excluding hydrogens is 326 g/mol. The van der Waals surface area contributed by atoms with Crippen molar-refractivity contribution in [3.05, 3.63) is 35.9 Å². The molecule has 1 saturated heterocycles. The maximum absolute atomic E-state index is 12.4. The molecule has 3 N–H and O–H groups in total. The molecule has 1 saturated carbocycles. The largest absolute Gasteiger partial charge is 0.353 e. The van der Waals surface area contributed by atoms with Crippen molar-refractivity contribution in [3.63, 3.8) is 0 Å². The minimum atomic E-state index is 0.0734. The Morgan fingerprint density at radius 3 is 2.50 bits per heavy atom. The lowest BCUT2D eigenvalue weighted by atomic mass is 9.85. The van der Waals surface area contributed by atoms with Crippen LogP contribution < -0.4 is 11.1 Å². The summed E-state index contributed by atoms with van der Waals surface area (Å²) in [5, 5.41) is 3.19. The van der Waals surface area contributed by atoms with Gasteiger partial charge in [-0.25, -0.2) is 0 Å². The highest BCUT2D eigenvalue weighted by molar-refractivity contribution is 5.79. The zero-order chi connectivity index (χ0) is 18.4. The van der Waals surface area contributed by atoms with E-state index in [1.165, 1.54) is 5.56 Å². The summed E-state index contributed by atoms with van der Waals surface area (Å²) in [5.41, 5.74) is 7.20. The van der Waals surface area contributed by atoms with Crippen LogP contribution in [0.15, 0.2) is 30.3 Å². The summed E-state index contributed by atoms with van der Waals surface area (Å²) in [5.74, 6) is 0.454. The molecule has 0 radical (unpaired) electrons. The normalized spacial score (nSPS) is 24.3. The lowest BCUT2D eigenvalue weighted by molar-refractivity contribution is -0.132. The van der Waals surface area contributed by atoms with Gasteiger partial charge in [0.25, 0.3) is 0 Å². The smallest absolute Gasteiger partial charge is 0.223 e. The monoisotopic (exact) mass is 357 g/mol. The predicted molar refractivity (Wildman–Crippen MR) is 102 cm³/mol. The number of amides is 2. The summed E-state index contributed by atoms with van der Waals surface area (Å²) in [6.45, 7) is 1.48. The average Bonchev–Trinajstić information content (AvgIpc) is 2.67. The fraction of sp³-hybridized carbons (Fsp3) is 0.619. The Bertz CT molecular complexity index is 597. The van der Waals surface area contributed by atoms with E-state index >= 15 is 0 Å². The van der Waals surface area contributed by atoms with Crippen LogP contribution >= 0.6 is 0 Å². The molecule has 2 fully saturated rings. The van der Waals surface area contributed by atoms with Crippen molar-refractivity contribution < 1.29 is 9.59 Å². The fourth-order valence-electron chi connectivity index (χ4n) is 4.11. The van der Waals surface area contributed by atoms with E-state index in [1.807, 2.05) is 23.1 Å². The van der Waals surface area contributed by atoms with Gasteiger partial charge in [0.15, 0.2) is 0 Å². The fourth-order valence-corrected chi connectivity index (χ4v) is 4.11. The van der Waals surface area contributed by atoms with Crippen LogP contribution in [0, 0.1) is 5.92 Å². The summed E-state index contributed by atoms with van der Waals surface area (Å²) in [6, 6.07) is 10.5. The number of nitrogens with zero attached hydrogens (tertiary/aromatic N) is 1. The Morgan fingerprint density at radius 1 is 1.08 bits per heavy atom. The number of benzene rings is 1. The Hall–Kier alpha value is -1.88. The van der Waals surface area contributed by atoms with Gasteiger partial charge >= 0.3 is 0 Å². The maximum atomic E-state index is 12.4. The minimum Gasteiger partial charge on any atom is -0.353 e. The van der Waals surface area contributed by atoms with Gasteiger partial charge < -0.3 is 16.0 Å². The third kappa shape index (κ3) is 5.31. The van der Waals surface area contributed by atoms with Crippen LogP contribution in [-0.2, 0) is 16.0 Å². The number of hydrogen-bond donors (Lipinski definition) is 2. The van der Waals surface area contributed by atoms with E-state index in [2.05, 4.69) is 17.4 Å². The topological polar surface area (TPSA) is 75.4 Å². The quantitative estimate of drug-likeness (QED) is 0.849. The molecule has 1 aliphatic carbocycles. The molecule has 1 aliphatic heterocycles. The Labute approximate surface area is 156 Å². The van der Waals surface area contributed by atoms with Gasteiger partial charge in [-0.2, -0.15) is 0 Å². The molecule has 1 aromatic carbocycles.